The monoisotopic (exact) mass is 414 g/mol. The molecular weight excluding hydrogens is 396 g/mol. The first-order valence-corrected chi connectivity index (χ1v) is 9.90. The van der Waals surface area contributed by atoms with Gasteiger partial charge in [0.05, 0.1) is 11.8 Å². The third kappa shape index (κ3) is 3.27. The van der Waals surface area contributed by atoms with Crippen LogP contribution < -0.4 is 10.2 Å². The minimum atomic E-state index is -0.535. The molecule has 1 aromatic heterocycles. The summed E-state index contributed by atoms with van der Waals surface area (Å²) < 4.78 is 1.79. The molecule has 0 atom stereocenters. The van der Waals surface area contributed by atoms with Crippen LogP contribution in [0.2, 0.25) is 0 Å². The lowest BCUT2D eigenvalue weighted by atomic mass is 10.0. The Morgan fingerprint density at radius 3 is 2.63 bits per heavy atom. The Balaban J connectivity index is 1.83. The molecule has 0 spiro atoms. The maximum Gasteiger partial charge on any atom is 0.270 e. The number of rotatable bonds is 4. The van der Waals surface area contributed by atoms with Crippen molar-refractivity contribution in [3.8, 4) is 6.07 Å². The van der Waals surface area contributed by atoms with E-state index in [0.29, 0.717) is 11.3 Å². The Morgan fingerprint density at radius 1 is 1.13 bits per heavy atom. The van der Waals surface area contributed by atoms with Crippen LogP contribution in [0.3, 0.4) is 0 Å². The molecule has 1 aliphatic heterocycles. The number of thiocarbonyl (C=S) groups is 1. The molecule has 4 rings (SSSR count). The van der Waals surface area contributed by atoms with Crippen LogP contribution in [0.1, 0.15) is 18.1 Å². The van der Waals surface area contributed by atoms with Gasteiger partial charge in [-0.05, 0) is 42.4 Å². The van der Waals surface area contributed by atoms with E-state index >= 15 is 0 Å². The van der Waals surface area contributed by atoms with Gasteiger partial charge in [-0.3, -0.25) is 19.8 Å². The molecule has 2 amide bonds. The quantitative estimate of drug-likeness (QED) is 0.402. The number of nitriles is 1. The molecule has 2 heterocycles. The Morgan fingerprint density at radius 2 is 1.87 bits per heavy atom. The molecule has 30 heavy (non-hydrogen) atoms. The van der Waals surface area contributed by atoms with Crippen molar-refractivity contribution in [1.29, 1.82) is 5.26 Å². The van der Waals surface area contributed by atoms with Crippen molar-refractivity contribution in [2.24, 2.45) is 0 Å². The number of carbonyl (C=O) groups excluding carboxylic acids is 2. The largest absolute Gasteiger partial charge is 0.333 e. The van der Waals surface area contributed by atoms with Gasteiger partial charge in [0.2, 0.25) is 0 Å². The van der Waals surface area contributed by atoms with Crippen molar-refractivity contribution >= 4 is 51.8 Å². The van der Waals surface area contributed by atoms with Crippen molar-refractivity contribution in [3.05, 3.63) is 71.4 Å². The Hall–Kier alpha value is -3.76. The highest BCUT2D eigenvalue weighted by Crippen LogP contribution is 2.28. The lowest BCUT2D eigenvalue weighted by molar-refractivity contribution is -0.122. The van der Waals surface area contributed by atoms with Crippen LogP contribution in [0.25, 0.3) is 17.0 Å². The number of anilines is 1. The van der Waals surface area contributed by atoms with Gasteiger partial charge >= 0.3 is 0 Å². The average molecular weight is 414 g/mol. The molecule has 1 aliphatic rings. The van der Waals surface area contributed by atoms with Gasteiger partial charge in [-0.1, -0.05) is 43.3 Å². The second kappa shape index (κ2) is 7.93. The van der Waals surface area contributed by atoms with Gasteiger partial charge in [0.1, 0.15) is 12.1 Å². The van der Waals surface area contributed by atoms with Gasteiger partial charge in [-0.15, -0.1) is 0 Å². The SMILES string of the molecule is CCc1ccccc1N1C(=O)/C(=C/c2cn(CC#N)c3ccccc23)C(=O)NC1=S. The van der Waals surface area contributed by atoms with Crippen LogP contribution in [0.4, 0.5) is 5.69 Å². The summed E-state index contributed by atoms with van der Waals surface area (Å²) in [7, 11) is 0. The number of nitrogens with zero attached hydrogens (tertiary/aromatic N) is 3. The first-order chi connectivity index (χ1) is 14.5. The zero-order chi connectivity index (χ0) is 21.3. The number of benzene rings is 2. The van der Waals surface area contributed by atoms with Gasteiger partial charge < -0.3 is 4.57 Å². The third-order valence-electron chi connectivity index (χ3n) is 5.08. The van der Waals surface area contributed by atoms with Crippen LogP contribution in [-0.4, -0.2) is 21.5 Å². The lowest BCUT2D eigenvalue weighted by Gasteiger charge is -2.30. The van der Waals surface area contributed by atoms with Crippen molar-refractivity contribution in [3.63, 3.8) is 0 Å². The molecule has 0 radical (unpaired) electrons. The first kappa shape index (κ1) is 19.6. The summed E-state index contributed by atoms with van der Waals surface area (Å²) in [6.07, 6.45) is 4.06. The number of hydrogen-bond donors (Lipinski definition) is 1. The zero-order valence-corrected chi connectivity index (χ0v) is 17.1. The number of carbonyl (C=O) groups is 2. The summed E-state index contributed by atoms with van der Waals surface area (Å²) in [6.45, 7) is 2.17. The maximum atomic E-state index is 13.3. The highest BCUT2D eigenvalue weighted by molar-refractivity contribution is 7.80. The fourth-order valence-electron chi connectivity index (χ4n) is 3.66. The summed E-state index contributed by atoms with van der Waals surface area (Å²) in [5, 5.41) is 12.7. The maximum absolute atomic E-state index is 13.3. The lowest BCUT2D eigenvalue weighted by Crippen LogP contribution is -2.54. The fraction of sp³-hybridized carbons (Fsp3) is 0.130. The van der Waals surface area contributed by atoms with E-state index < -0.39 is 11.8 Å². The summed E-state index contributed by atoms with van der Waals surface area (Å²) in [5.41, 5.74) is 3.16. The first-order valence-electron chi connectivity index (χ1n) is 9.49. The van der Waals surface area contributed by atoms with Gasteiger partial charge in [-0.25, -0.2) is 0 Å². The van der Waals surface area contributed by atoms with E-state index in [1.54, 1.807) is 16.8 Å². The van der Waals surface area contributed by atoms with E-state index in [9.17, 15) is 9.59 Å². The molecule has 1 saturated heterocycles. The van der Waals surface area contributed by atoms with Crippen molar-refractivity contribution in [2.75, 3.05) is 4.90 Å². The molecule has 6 nitrogen and oxygen atoms in total. The van der Waals surface area contributed by atoms with Gasteiger partial charge in [0.25, 0.3) is 11.8 Å². The third-order valence-corrected chi connectivity index (χ3v) is 5.36. The highest BCUT2D eigenvalue weighted by Gasteiger charge is 2.35. The van der Waals surface area contributed by atoms with E-state index in [1.807, 2.05) is 55.5 Å². The topological polar surface area (TPSA) is 78.1 Å². The molecular formula is C23H18N4O2S. The van der Waals surface area contributed by atoms with Crippen LogP contribution >= 0.6 is 12.2 Å². The van der Waals surface area contributed by atoms with E-state index in [2.05, 4.69) is 11.4 Å². The Labute approximate surface area is 179 Å². The molecule has 0 bridgehead atoms. The molecule has 1 N–H and O–H groups in total. The molecule has 0 unspecified atom stereocenters. The number of aromatic nitrogens is 1. The number of para-hydroxylation sites is 2. The molecule has 2 aromatic carbocycles. The normalized spacial score (nSPS) is 15.5. The molecule has 0 saturated carbocycles. The summed E-state index contributed by atoms with van der Waals surface area (Å²) >= 11 is 5.31. The Kier molecular flexibility index (Phi) is 5.17. The standard InChI is InChI=1S/C23H18N4O2S/c1-2-15-7-3-5-9-19(15)27-22(29)18(21(28)25-23(27)30)13-16-14-26(12-11-24)20-10-6-4-8-17(16)20/h3-10,13-14H,2,12H2,1H3,(H,25,28,30)/b18-13+. The van der Waals surface area contributed by atoms with Gasteiger partial charge in [0.15, 0.2) is 5.11 Å². The predicted molar refractivity (Wildman–Crippen MR) is 120 cm³/mol. The number of aryl methyl sites for hydroxylation is 1. The second-order valence-corrected chi connectivity index (χ2v) is 7.21. The molecule has 7 heteroatoms. The Bertz CT molecular complexity index is 1270. The van der Waals surface area contributed by atoms with Crippen LogP contribution in [0.15, 0.2) is 60.3 Å². The van der Waals surface area contributed by atoms with Crippen LogP contribution in [0, 0.1) is 11.3 Å². The molecule has 0 aliphatic carbocycles. The summed E-state index contributed by atoms with van der Waals surface area (Å²) in [5.74, 6) is -1.01. The van der Waals surface area contributed by atoms with Gasteiger partial charge in [-0.2, -0.15) is 5.26 Å². The molecule has 1 fully saturated rings. The zero-order valence-electron chi connectivity index (χ0n) is 16.3. The van der Waals surface area contributed by atoms with Gasteiger partial charge in [0, 0.05) is 22.7 Å². The smallest absolute Gasteiger partial charge is 0.270 e. The summed E-state index contributed by atoms with van der Waals surface area (Å²) in [6, 6.07) is 17.2. The highest BCUT2D eigenvalue weighted by atomic mass is 32.1. The number of amides is 2. The predicted octanol–water partition coefficient (Wildman–Crippen LogP) is 3.56. The van der Waals surface area contributed by atoms with Crippen LogP contribution in [0.5, 0.6) is 0 Å². The average Bonchev–Trinajstić information content (AvgIpc) is 3.09. The van der Waals surface area contributed by atoms with E-state index in [4.69, 9.17) is 17.5 Å². The minimum Gasteiger partial charge on any atom is -0.333 e. The van der Waals surface area contributed by atoms with E-state index in [0.717, 1.165) is 22.9 Å². The number of fused-ring (bicyclic) bond motifs is 1. The number of nitrogens with one attached hydrogen (secondary N) is 1. The van der Waals surface area contributed by atoms with E-state index in [-0.39, 0.29) is 17.2 Å². The summed E-state index contributed by atoms with van der Waals surface area (Å²) in [4.78, 5) is 27.4. The van der Waals surface area contributed by atoms with E-state index in [1.165, 1.54) is 4.90 Å². The van der Waals surface area contributed by atoms with Crippen molar-refractivity contribution < 1.29 is 9.59 Å². The molecule has 3 aromatic rings. The fourth-order valence-corrected chi connectivity index (χ4v) is 3.93. The van der Waals surface area contributed by atoms with Crippen molar-refractivity contribution in [1.82, 2.24) is 9.88 Å². The second-order valence-electron chi connectivity index (χ2n) is 6.83. The van der Waals surface area contributed by atoms with Crippen molar-refractivity contribution in [2.45, 2.75) is 19.9 Å². The number of hydrogen-bond acceptors (Lipinski definition) is 4. The molecule has 148 valence electrons. The van der Waals surface area contributed by atoms with Crippen LogP contribution in [-0.2, 0) is 22.6 Å². The minimum absolute atomic E-state index is 0.00522.